The monoisotopic (exact) mass is 435 g/mol. The van der Waals surface area contributed by atoms with Crippen molar-refractivity contribution < 1.29 is 26.7 Å². The number of pyridine rings is 1. The highest BCUT2D eigenvalue weighted by molar-refractivity contribution is 7.89. The predicted molar refractivity (Wildman–Crippen MR) is 103 cm³/mol. The fraction of sp³-hybridized carbons (Fsp3) is 0.300. The summed E-state index contributed by atoms with van der Waals surface area (Å²) in [5.41, 5.74) is 2.68. The molecule has 0 saturated carbocycles. The molecule has 0 fully saturated rings. The van der Waals surface area contributed by atoms with E-state index >= 15 is 0 Å². The Morgan fingerprint density at radius 3 is 2.30 bits per heavy atom. The molecule has 2 aliphatic heterocycles. The first-order chi connectivity index (χ1) is 14.3. The van der Waals surface area contributed by atoms with Gasteiger partial charge in [-0.2, -0.15) is 13.1 Å². The molecule has 1 amide bonds. The Bertz CT molecular complexity index is 1050. The smallest absolute Gasteiger partial charge is 0.387 e. The van der Waals surface area contributed by atoms with Crippen molar-refractivity contribution in [3.05, 3.63) is 65.5 Å². The number of benzene rings is 1. The summed E-state index contributed by atoms with van der Waals surface area (Å²) in [6.45, 7) is -1.74. The molecular weight excluding hydrogens is 416 g/mol. The number of nitrogens with zero attached hydrogens (tertiary/aromatic N) is 3. The third kappa shape index (κ3) is 4.19. The van der Waals surface area contributed by atoms with Gasteiger partial charge in [0.1, 0.15) is 5.75 Å². The maximum atomic E-state index is 12.9. The molecule has 0 atom stereocenters. The number of carbonyl (C=O) groups excluding carboxylic acids is 1. The van der Waals surface area contributed by atoms with Crippen LogP contribution in [0.4, 0.5) is 8.78 Å². The first-order valence-electron chi connectivity index (χ1n) is 9.24. The number of sulfonamides is 1. The van der Waals surface area contributed by atoms with Crippen molar-refractivity contribution in [3.8, 4) is 5.75 Å². The van der Waals surface area contributed by atoms with Gasteiger partial charge in [0.25, 0.3) is 0 Å². The molecule has 3 heterocycles. The second-order valence-corrected chi connectivity index (χ2v) is 9.06. The van der Waals surface area contributed by atoms with Gasteiger partial charge in [0.2, 0.25) is 15.9 Å². The van der Waals surface area contributed by atoms with E-state index in [1.54, 1.807) is 23.4 Å². The molecule has 0 N–H and O–H groups in total. The number of amides is 1. The van der Waals surface area contributed by atoms with Gasteiger partial charge in [-0.3, -0.25) is 9.78 Å². The van der Waals surface area contributed by atoms with Crippen molar-refractivity contribution in [3.63, 3.8) is 0 Å². The number of ether oxygens (including phenoxy) is 1. The van der Waals surface area contributed by atoms with Crippen molar-refractivity contribution >= 4 is 15.9 Å². The summed E-state index contributed by atoms with van der Waals surface area (Å²) in [5, 5.41) is 0. The molecule has 0 unspecified atom stereocenters. The largest absolute Gasteiger partial charge is 0.435 e. The SMILES string of the molecule is O=C(Cc1cccnc1)N1CC2=C(C1)CN(S(=O)(=O)c1ccc(OC(F)F)cc1)C2. The summed E-state index contributed by atoms with van der Waals surface area (Å²) < 4.78 is 55.9. The van der Waals surface area contributed by atoms with Crippen LogP contribution in [0, 0.1) is 0 Å². The van der Waals surface area contributed by atoms with E-state index in [0.29, 0.717) is 13.1 Å². The van der Waals surface area contributed by atoms with Crippen LogP contribution in [0.25, 0.3) is 0 Å². The van der Waals surface area contributed by atoms with E-state index in [4.69, 9.17) is 0 Å². The second-order valence-electron chi connectivity index (χ2n) is 7.12. The van der Waals surface area contributed by atoms with E-state index in [-0.39, 0.29) is 36.1 Å². The van der Waals surface area contributed by atoms with Crippen LogP contribution in [0.15, 0.2) is 64.8 Å². The van der Waals surface area contributed by atoms with Gasteiger partial charge in [-0.05, 0) is 47.0 Å². The molecule has 1 aromatic carbocycles. The van der Waals surface area contributed by atoms with Gasteiger partial charge in [0, 0.05) is 38.6 Å². The first-order valence-corrected chi connectivity index (χ1v) is 10.7. The van der Waals surface area contributed by atoms with Crippen LogP contribution >= 0.6 is 0 Å². The van der Waals surface area contributed by atoms with Gasteiger partial charge in [-0.25, -0.2) is 8.42 Å². The molecule has 7 nitrogen and oxygen atoms in total. The number of rotatable bonds is 6. The van der Waals surface area contributed by atoms with Crippen molar-refractivity contribution in [2.24, 2.45) is 0 Å². The molecule has 0 radical (unpaired) electrons. The van der Waals surface area contributed by atoms with Crippen LogP contribution in [0.5, 0.6) is 5.75 Å². The molecular formula is C20H19F2N3O4S. The molecule has 2 aliphatic rings. The fourth-order valence-corrected chi connectivity index (χ4v) is 5.05. The second kappa shape index (κ2) is 8.11. The summed E-state index contributed by atoms with van der Waals surface area (Å²) in [4.78, 5) is 18.3. The molecule has 158 valence electrons. The fourth-order valence-electron chi connectivity index (χ4n) is 3.62. The summed E-state index contributed by atoms with van der Waals surface area (Å²) in [5.74, 6) is -0.129. The van der Waals surface area contributed by atoms with Crippen LogP contribution in [-0.2, 0) is 21.2 Å². The third-order valence-corrected chi connectivity index (χ3v) is 6.92. The van der Waals surface area contributed by atoms with Gasteiger partial charge in [-0.15, -0.1) is 0 Å². The average molecular weight is 435 g/mol. The van der Waals surface area contributed by atoms with Gasteiger partial charge in [0.05, 0.1) is 11.3 Å². The number of hydrogen-bond acceptors (Lipinski definition) is 5. The zero-order chi connectivity index (χ0) is 21.3. The highest BCUT2D eigenvalue weighted by Crippen LogP contribution is 2.30. The van der Waals surface area contributed by atoms with Crippen molar-refractivity contribution in [2.75, 3.05) is 26.2 Å². The number of aromatic nitrogens is 1. The Kier molecular flexibility index (Phi) is 5.52. The lowest BCUT2D eigenvalue weighted by molar-refractivity contribution is -0.129. The first kappa shape index (κ1) is 20.4. The van der Waals surface area contributed by atoms with Gasteiger partial charge in [-0.1, -0.05) is 6.07 Å². The molecule has 0 bridgehead atoms. The van der Waals surface area contributed by atoms with E-state index < -0.39 is 16.6 Å². The lowest BCUT2D eigenvalue weighted by Crippen LogP contribution is -2.37. The van der Waals surface area contributed by atoms with Crippen LogP contribution in [0.3, 0.4) is 0 Å². The Morgan fingerprint density at radius 2 is 1.73 bits per heavy atom. The maximum Gasteiger partial charge on any atom is 0.387 e. The zero-order valence-corrected chi connectivity index (χ0v) is 16.7. The van der Waals surface area contributed by atoms with Crippen molar-refractivity contribution in [2.45, 2.75) is 17.9 Å². The van der Waals surface area contributed by atoms with Crippen LogP contribution in [0.1, 0.15) is 5.56 Å². The highest BCUT2D eigenvalue weighted by atomic mass is 32.2. The minimum atomic E-state index is -3.78. The van der Waals surface area contributed by atoms with E-state index in [2.05, 4.69) is 9.72 Å². The minimum absolute atomic E-state index is 0.00907. The molecule has 0 aliphatic carbocycles. The highest BCUT2D eigenvalue weighted by Gasteiger charge is 2.37. The molecule has 1 aromatic heterocycles. The third-order valence-electron chi connectivity index (χ3n) is 5.12. The molecule has 10 heteroatoms. The van der Waals surface area contributed by atoms with Crippen LogP contribution in [0.2, 0.25) is 0 Å². The summed E-state index contributed by atoms with van der Waals surface area (Å²) >= 11 is 0. The lowest BCUT2D eigenvalue weighted by Gasteiger charge is -2.23. The quantitative estimate of drug-likeness (QED) is 0.649. The number of halogens is 2. The Balaban J connectivity index is 1.37. The normalized spacial score (nSPS) is 17.0. The summed E-state index contributed by atoms with van der Waals surface area (Å²) in [6, 6.07) is 8.53. The molecule has 2 aromatic rings. The standard InChI is InChI=1S/C20H19F2N3O4S/c21-20(22)29-17-3-5-18(6-4-17)30(27,28)25-12-15-10-24(11-16(15)13-25)19(26)8-14-2-1-7-23-9-14/h1-7,9,20H,8,10-13H2. The predicted octanol–water partition coefficient (Wildman–Crippen LogP) is 2.07. The average Bonchev–Trinajstić information content (AvgIpc) is 3.28. The Hall–Kier alpha value is -2.85. The Morgan fingerprint density at radius 1 is 1.07 bits per heavy atom. The number of carbonyl (C=O) groups is 1. The van der Waals surface area contributed by atoms with Crippen molar-refractivity contribution in [1.82, 2.24) is 14.2 Å². The molecule has 30 heavy (non-hydrogen) atoms. The molecule has 4 rings (SSSR count). The van der Waals surface area contributed by atoms with E-state index in [1.165, 1.54) is 28.6 Å². The topological polar surface area (TPSA) is 79.8 Å². The summed E-state index contributed by atoms with van der Waals surface area (Å²) in [7, 11) is -3.78. The zero-order valence-electron chi connectivity index (χ0n) is 15.9. The molecule has 0 spiro atoms. The number of hydrogen-bond donors (Lipinski definition) is 0. The van der Waals surface area contributed by atoms with Crippen LogP contribution in [-0.4, -0.2) is 61.3 Å². The maximum absolute atomic E-state index is 12.9. The van der Waals surface area contributed by atoms with Gasteiger partial charge >= 0.3 is 6.61 Å². The van der Waals surface area contributed by atoms with Crippen molar-refractivity contribution in [1.29, 1.82) is 0 Å². The lowest BCUT2D eigenvalue weighted by atomic mass is 10.2. The van der Waals surface area contributed by atoms with E-state index in [9.17, 15) is 22.0 Å². The minimum Gasteiger partial charge on any atom is -0.435 e. The Labute approximate surface area is 172 Å². The number of alkyl halides is 2. The van der Waals surface area contributed by atoms with Gasteiger partial charge in [0.15, 0.2) is 0 Å². The summed E-state index contributed by atoms with van der Waals surface area (Å²) in [6.07, 6.45) is 3.55. The van der Waals surface area contributed by atoms with E-state index in [0.717, 1.165) is 16.7 Å². The molecule has 0 saturated heterocycles. The van der Waals surface area contributed by atoms with E-state index in [1.807, 2.05) is 6.07 Å². The van der Waals surface area contributed by atoms with Crippen LogP contribution < -0.4 is 4.74 Å². The van der Waals surface area contributed by atoms with Gasteiger partial charge < -0.3 is 9.64 Å².